The lowest BCUT2D eigenvalue weighted by molar-refractivity contribution is -0.116. The summed E-state index contributed by atoms with van der Waals surface area (Å²) in [6, 6.07) is 21.3. The molecule has 0 saturated heterocycles. The maximum Gasteiger partial charge on any atom is 0.331 e. The van der Waals surface area contributed by atoms with Crippen LogP contribution in [0.4, 0.5) is 5.69 Å². The highest BCUT2D eigenvalue weighted by molar-refractivity contribution is 6.32. The van der Waals surface area contributed by atoms with Crippen molar-refractivity contribution in [2.45, 2.75) is 19.5 Å². The average molecular weight is 464 g/mol. The fourth-order valence-corrected chi connectivity index (χ4v) is 3.95. The minimum Gasteiger partial charge on any atom is -0.495 e. The van der Waals surface area contributed by atoms with Gasteiger partial charge in [0.15, 0.2) is 0 Å². The lowest BCUT2D eigenvalue weighted by Gasteiger charge is -2.14. The molecule has 1 N–H and O–H groups in total. The van der Waals surface area contributed by atoms with E-state index in [1.165, 1.54) is 16.2 Å². The number of halogens is 1. The summed E-state index contributed by atoms with van der Waals surface area (Å²) in [5.41, 5.74) is 0.993. The maximum atomic E-state index is 13.3. The molecule has 168 valence electrons. The molecule has 1 heterocycles. The Morgan fingerprint density at radius 1 is 0.970 bits per heavy atom. The third-order valence-electron chi connectivity index (χ3n) is 5.34. The van der Waals surface area contributed by atoms with Crippen LogP contribution < -0.4 is 21.3 Å². The molecule has 0 bridgehead atoms. The van der Waals surface area contributed by atoms with Crippen molar-refractivity contribution in [3.05, 3.63) is 104 Å². The number of methoxy groups -OCH3 is 1. The highest BCUT2D eigenvalue weighted by Crippen LogP contribution is 2.27. The Labute approximate surface area is 194 Å². The number of nitrogens with zero attached hydrogens (tertiary/aromatic N) is 2. The number of carbonyl (C=O) groups is 1. The molecule has 0 unspecified atom stereocenters. The van der Waals surface area contributed by atoms with E-state index in [4.69, 9.17) is 16.3 Å². The third-order valence-corrected chi connectivity index (χ3v) is 5.63. The van der Waals surface area contributed by atoms with Crippen LogP contribution in [0.25, 0.3) is 10.9 Å². The van der Waals surface area contributed by atoms with E-state index in [1.54, 1.807) is 42.5 Å². The summed E-state index contributed by atoms with van der Waals surface area (Å²) < 4.78 is 7.63. The number of aryl methyl sites for hydroxylation is 1. The van der Waals surface area contributed by atoms with Crippen LogP contribution in [0.1, 0.15) is 5.56 Å². The number of hydrogen-bond donors (Lipinski definition) is 1. The van der Waals surface area contributed by atoms with E-state index < -0.39 is 11.6 Å². The SMILES string of the molecule is COc1ccc(NC(=O)Cn2c(=O)n(CCc3ccccc3)c(=O)c3ccccc32)cc1Cl. The largest absolute Gasteiger partial charge is 0.495 e. The van der Waals surface area contributed by atoms with Gasteiger partial charge in [-0.1, -0.05) is 54.1 Å². The molecular formula is C25H22ClN3O4. The van der Waals surface area contributed by atoms with E-state index >= 15 is 0 Å². The summed E-state index contributed by atoms with van der Waals surface area (Å²) in [6.45, 7) is -0.0448. The molecule has 4 aromatic rings. The Bertz CT molecular complexity index is 1430. The first kappa shape index (κ1) is 22.4. The van der Waals surface area contributed by atoms with E-state index in [1.807, 2.05) is 30.3 Å². The number of amides is 1. The standard InChI is InChI=1S/C25H22ClN3O4/c1-33-22-12-11-18(15-20(22)26)27-23(30)16-29-21-10-6-5-9-19(21)24(31)28(25(29)32)14-13-17-7-3-2-4-8-17/h2-12,15H,13-14,16H2,1H3,(H,27,30). The number of ether oxygens (including phenoxy) is 1. The fourth-order valence-electron chi connectivity index (χ4n) is 3.69. The monoisotopic (exact) mass is 463 g/mol. The number of nitrogens with one attached hydrogen (secondary N) is 1. The van der Waals surface area contributed by atoms with Crippen LogP contribution in [0.2, 0.25) is 5.02 Å². The van der Waals surface area contributed by atoms with Crippen molar-refractivity contribution in [2.24, 2.45) is 0 Å². The Kier molecular flexibility index (Phi) is 6.60. The lowest BCUT2D eigenvalue weighted by atomic mass is 10.1. The van der Waals surface area contributed by atoms with Gasteiger partial charge in [0, 0.05) is 12.2 Å². The Morgan fingerprint density at radius 3 is 2.42 bits per heavy atom. The van der Waals surface area contributed by atoms with Gasteiger partial charge in [0.25, 0.3) is 5.56 Å². The summed E-state index contributed by atoms with van der Waals surface area (Å²) >= 11 is 6.13. The maximum absolute atomic E-state index is 13.3. The van der Waals surface area contributed by atoms with Crippen molar-refractivity contribution >= 4 is 34.1 Å². The summed E-state index contributed by atoms with van der Waals surface area (Å²) in [5.74, 6) is 0.0686. The Hall–Kier alpha value is -3.84. The van der Waals surface area contributed by atoms with E-state index in [0.29, 0.717) is 33.8 Å². The average Bonchev–Trinajstić information content (AvgIpc) is 2.82. The van der Waals surface area contributed by atoms with Crippen LogP contribution in [0, 0.1) is 0 Å². The van der Waals surface area contributed by atoms with Crippen molar-refractivity contribution in [3.8, 4) is 5.75 Å². The molecular weight excluding hydrogens is 442 g/mol. The summed E-state index contributed by atoms with van der Waals surface area (Å²) in [7, 11) is 1.50. The van der Waals surface area contributed by atoms with Crippen LogP contribution in [0.5, 0.6) is 5.75 Å². The molecule has 0 aliphatic rings. The minimum absolute atomic E-state index is 0.211. The predicted molar refractivity (Wildman–Crippen MR) is 129 cm³/mol. The highest BCUT2D eigenvalue weighted by atomic mass is 35.5. The zero-order chi connectivity index (χ0) is 23.4. The van der Waals surface area contributed by atoms with Crippen molar-refractivity contribution in [1.82, 2.24) is 9.13 Å². The van der Waals surface area contributed by atoms with Crippen LogP contribution in [0.15, 0.2) is 82.4 Å². The zero-order valence-corrected chi connectivity index (χ0v) is 18.7. The number of carbonyl (C=O) groups excluding carboxylic acids is 1. The van der Waals surface area contributed by atoms with Crippen LogP contribution in [-0.2, 0) is 24.3 Å². The fraction of sp³-hybridized carbons (Fsp3) is 0.160. The van der Waals surface area contributed by atoms with Crippen LogP contribution in [0.3, 0.4) is 0 Å². The first-order chi connectivity index (χ1) is 16.0. The molecule has 0 saturated carbocycles. The van der Waals surface area contributed by atoms with Crippen molar-refractivity contribution in [1.29, 1.82) is 0 Å². The van der Waals surface area contributed by atoms with Crippen molar-refractivity contribution < 1.29 is 9.53 Å². The molecule has 1 amide bonds. The topological polar surface area (TPSA) is 82.3 Å². The first-order valence-electron chi connectivity index (χ1n) is 10.4. The van der Waals surface area contributed by atoms with Gasteiger partial charge >= 0.3 is 5.69 Å². The second-order valence-electron chi connectivity index (χ2n) is 7.48. The summed E-state index contributed by atoms with van der Waals surface area (Å²) in [6.07, 6.45) is 0.519. The highest BCUT2D eigenvalue weighted by Gasteiger charge is 2.16. The molecule has 0 aliphatic carbocycles. The number of fused-ring (bicyclic) bond motifs is 1. The summed E-state index contributed by atoms with van der Waals surface area (Å²) in [4.78, 5) is 39.1. The quantitative estimate of drug-likeness (QED) is 0.453. The molecule has 8 heteroatoms. The number of para-hydroxylation sites is 1. The van der Waals surface area contributed by atoms with Gasteiger partial charge in [-0.2, -0.15) is 0 Å². The third kappa shape index (κ3) is 4.83. The zero-order valence-electron chi connectivity index (χ0n) is 18.0. The van der Waals surface area contributed by atoms with Crippen molar-refractivity contribution in [3.63, 3.8) is 0 Å². The van der Waals surface area contributed by atoms with Crippen LogP contribution >= 0.6 is 11.6 Å². The summed E-state index contributed by atoms with van der Waals surface area (Å²) in [5, 5.41) is 3.47. The van der Waals surface area contributed by atoms with Gasteiger partial charge in [0.05, 0.1) is 23.0 Å². The van der Waals surface area contributed by atoms with Gasteiger partial charge in [-0.05, 0) is 42.3 Å². The molecule has 3 aromatic carbocycles. The second kappa shape index (κ2) is 9.75. The number of anilines is 1. The van der Waals surface area contributed by atoms with E-state index in [-0.39, 0.29) is 18.6 Å². The first-order valence-corrected chi connectivity index (χ1v) is 10.8. The molecule has 33 heavy (non-hydrogen) atoms. The second-order valence-corrected chi connectivity index (χ2v) is 7.88. The molecule has 0 radical (unpaired) electrons. The van der Waals surface area contributed by atoms with E-state index in [9.17, 15) is 14.4 Å². The van der Waals surface area contributed by atoms with Gasteiger partial charge in [-0.15, -0.1) is 0 Å². The Balaban J connectivity index is 1.66. The van der Waals surface area contributed by atoms with E-state index in [0.717, 1.165) is 5.56 Å². The molecule has 0 atom stereocenters. The van der Waals surface area contributed by atoms with Gasteiger partial charge in [0.2, 0.25) is 5.91 Å². The lowest BCUT2D eigenvalue weighted by Crippen LogP contribution is -2.42. The molecule has 0 spiro atoms. The molecule has 0 aliphatic heterocycles. The van der Waals surface area contributed by atoms with Gasteiger partial charge < -0.3 is 10.1 Å². The molecule has 4 rings (SSSR count). The van der Waals surface area contributed by atoms with Gasteiger partial charge in [-0.25, -0.2) is 4.79 Å². The Morgan fingerprint density at radius 2 is 1.70 bits per heavy atom. The predicted octanol–water partition coefficient (Wildman–Crippen LogP) is 3.71. The number of hydrogen-bond acceptors (Lipinski definition) is 4. The smallest absolute Gasteiger partial charge is 0.331 e. The number of rotatable bonds is 7. The molecule has 7 nitrogen and oxygen atoms in total. The minimum atomic E-state index is -0.530. The number of benzene rings is 3. The van der Waals surface area contributed by atoms with Crippen LogP contribution in [-0.4, -0.2) is 22.2 Å². The van der Waals surface area contributed by atoms with Gasteiger partial charge in [-0.3, -0.25) is 18.7 Å². The van der Waals surface area contributed by atoms with E-state index in [2.05, 4.69) is 5.32 Å². The molecule has 0 fully saturated rings. The normalized spacial score (nSPS) is 10.8. The van der Waals surface area contributed by atoms with Crippen molar-refractivity contribution in [2.75, 3.05) is 12.4 Å². The molecule has 1 aromatic heterocycles. The number of aromatic nitrogens is 2. The van der Waals surface area contributed by atoms with Gasteiger partial charge in [0.1, 0.15) is 12.3 Å².